The fraction of sp³-hybridized carbons (Fsp3) is 0.500. The molecule has 1 aliphatic carbocycles. The lowest BCUT2D eigenvalue weighted by Gasteiger charge is -2.30. The Kier molecular flexibility index (Phi) is 3.68. The van der Waals surface area contributed by atoms with Crippen molar-refractivity contribution in [2.75, 3.05) is 0 Å². The number of aromatic nitrogens is 2. The van der Waals surface area contributed by atoms with Gasteiger partial charge < -0.3 is 9.55 Å². The predicted octanol–water partition coefficient (Wildman–Crippen LogP) is 5.19. The lowest BCUT2D eigenvalue weighted by atomic mass is 9.85. The highest BCUT2D eigenvalue weighted by Gasteiger charge is 2.25. The maximum absolute atomic E-state index is 13.8. The summed E-state index contributed by atoms with van der Waals surface area (Å²) in [6.45, 7) is 2.27. The molecule has 1 N–H and O–H groups in total. The van der Waals surface area contributed by atoms with Crippen molar-refractivity contribution < 1.29 is 4.39 Å². The van der Waals surface area contributed by atoms with E-state index in [9.17, 15) is 4.39 Å². The van der Waals surface area contributed by atoms with Gasteiger partial charge in [-0.05, 0) is 59.6 Å². The summed E-state index contributed by atoms with van der Waals surface area (Å²) in [5, 5.41) is 0. The van der Waals surface area contributed by atoms with E-state index >= 15 is 0 Å². The standard InChI is InChI=1S/C14H16FIN2S/c1-8-4-2-3-5-12(8)18-13-6-9(15)10(16)7-11(13)17-14(18)19/h6-8,12H,2-5H2,1H3,(H,17,19). The molecule has 5 heteroatoms. The van der Waals surface area contributed by atoms with Crippen LogP contribution in [-0.4, -0.2) is 9.55 Å². The van der Waals surface area contributed by atoms with Crippen LogP contribution in [0.2, 0.25) is 0 Å². The van der Waals surface area contributed by atoms with Crippen LogP contribution in [0.3, 0.4) is 0 Å². The molecule has 1 heterocycles. The number of nitrogens with zero attached hydrogens (tertiary/aromatic N) is 1. The van der Waals surface area contributed by atoms with Crippen molar-refractivity contribution in [1.82, 2.24) is 9.55 Å². The zero-order valence-electron chi connectivity index (χ0n) is 10.7. The van der Waals surface area contributed by atoms with Crippen molar-refractivity contribution in [1.29, 1.82) is 0 Å². The minimum atomic E-state index is -0.167. The van der Waals surface area contributed by atoms with Gasteiger partial charge in [-0.1, -0.05) is 19.8 Å². The second-order valence-electron chi connectivity index (χ2n) is 5.41. The topological polar surface area (TPSA) is 20.7 Å². The van der Waals surface area contributed by atoms with Crippen LogP contribution >= 0.6 is 34.8 Å². The Hall–Kier alpha value is -0.430. The van der Waals surface area contributed by atoms with Crippen LogP contribution in [0, 0.1) is 20.1 Å². The van der Waals surface area contributed by atoms with Crippen molar-refractivity contribution in [3.8, 4) is 0 Å². The van der Waals surface area contributed by atoms with Gasteiger partial charge in [-0.15, -0.1) is 0 Å². The van der Waals surface area contributed by atoms with E-state index in [1.54, 1.807) is 6.07 Å². The molecule has 0 aliphatic heterocycles. The smallest absolute Gasteiger partial charge is 0.178 e. The molecular weight excluding hydrogens is 374 g/mol. The van der Waals surface area contributed by atoms with Crippen molar-refractivity contribution in [2.45, 2.75) is 38.6 Å². The van der Waals surface area contributed by atoms with E-state index in [4.69, 9.17) is 12.2 Å². The van der Waals surface area contributed by atoms with Gasteiger partial charge in [-0.3, -0.25) is 0 Å². The number of halogens is 2. The molecule has 19 heavy (non-hydrogen) atoms. The molecule has 1 fully saturated rings. The molecule has 0 bridgehead atoms. The van der Waals surface area contributed by atoms with Crippen LogP contribution in [0.5, 0.6) is 0 Å². The highest BCUT2D eigenvalue weighted by Crippen LogP contribution is 2.36. The number of hydrogen-bond acceptors (Lipinski definition) is 1. The van der Waals surface area contributed by atoms with Gasteiger partial charge in [0.05, 0.1) is 14.6 Å². The van der Waals surface area contributed by atoms with Crippen molar-refractivity contribution >= 4 is 45.8 Å². The third kappa shape index (κ3) is 2.35. The molecule has 1 aromatic heterocycles. The fourth-order valence-electron chi connectivity index (χ4n) is 3.13. The highest BCUT2D eigenvalue weighted by molar-refractivity contribution is 14.1. The summed E-state index contributed by atoms with van der Waals surface area (Å²) < 4.78 is 17.3. The van der Waals surface area contributed by atoms with Gasteiger partial charge in [-0.2, -0.15) is 0 Å². The Bertz CT molecular complexity index is 676. The number of rotatable bonds is 1. The lowest BCUT2D eigenvalue weighted by Crippen LogP contribution is -2.21. The first-order valence-electron chi connectivity index (χ1n) is 6.67. The molecule has 0 radical (unpaired) electrons. The first-order valence-corrected chi connectivity index (χ1v) is 8.16. The molecule has 2 nitrogen and oxygen atoms in total. The maximum Gasteiger partial charge on any atom is 0.178 e. The van der Waals surface area contributed by atoms with Crippen molar-refractivity contribution in [3.05, 3.63) is 26.3 Å². The zero-order chi connectivity index (χ0) is 13.6. The summed E-state index contributed by atoms with van der Waals surface area (Å²) in [5.74, 6) is 0.432. The normalized spacial score (nSPS) is 23.9. The van der Waals surface area contributed by atoms with Crippen LogP contribution in [0.15, 0.2) is 12.1 Å². The molecule has 0 spiro atoms. The van der Waals surface area contributed by atoms with Crippen LogP contribution in [-0.2, 0) is 0 Å². The SMILES string of the molecule is CC1CCCCC1n1c(=S)[nH]c2cc(I)c(F)cc21. The molecule has 3 rings (SSSR count). The van der Waals surface area contributed by atoms with E-state index in [1.807, 2.05) is 28.7 Å². The Morgan fingerprint density at radius 3 is 2.84 bits per heavy atom. The minimum Gasteiger partial charge on any atom is -0.331 e. The summed E-state index contributed by atoms with van der Waals surface area (Å²) in [6.07, 6.45) is 4.89. The Morgan fingerprint density at radius 1 is 1.37 bits per heavy atom. The Balaban J connectivity index is 2.19. The second kappa shape index (κ2) is 5.16. The number of aromatic amines is 1. The molecule has 1 aliphatic rings. The number of H-pyrrole nitrogens is 1. The molecule has 2 aromatic rings. The summed E-state index contributed by atoms with van der Waals surface area (Å²) in [5.41, 5.74) is 1.84. The maximum atomic E-state index is 13.8. The van der Waals surface area contributed by atoms with E-state index in [-0.39, 0.29) is 5.82 Å². The number of imidazole rings is 1. The zero-order valence-corrected chi connectivity index (χ0v) is 13.7. The second-order valence-corrected chi connectivity index (χ2v) is 6.96. The average Bonchev–Trinajstić information content (AvgIpc) is 2.66. The van der Waals surface area contributed by atoms with Crippen LogP contribution in [0.1, 0.15) is 38.6 Å². The van der Waals surface area contributed by atoms with Crippen LogP contribution in [0.25, 0.3) is 11.0 Å². The van der Waals surface area contributed by atoms with E-state index in [2.05, 4.69) is 16.5 Å². The quantitative estimate of drug-likeness (QED) is 0.525. The highest BCUT2D eigenvalue weighted by atomic mass is 127. The number of benzene rings is 1. The molecular formula is C14H16FIN2S. The fourth-order valence-corrected chi connectivity index (χ4v) is 3.94. The number of fused-ring (bicyclic) bond motifs is 1. The van der Waals surface area contributed by atoms with Gasteiger partial charge >= 0.3 is 0 Å². The van der Waals surface area contributed by atoms with Gasteiger partial charge in [0.2, 0.25) is 0 Å². The summed E-state index contributed by atoms with van der Waals surface area (Å²) >= 11 is 7.47. The molecule has 0 amide bonds. The third-order valence-electron chi connectivity index (χ3n) is 4.16. The van der Waals surface area contributed by atoms with Crippen molar-refractivity contribution in [2.24, 2.45) is 5.92 Å². The van der Waals surface area contributed by atoms with Crippen LogP contribution in [0.4, 0.5) is 4.39 Å². The Morgan fingerprint density at radius 2 is 2.11 bits per heavy atom. The first kappa shape index (κ1) is 13.5. The molecule has 2 atom stereocenters. The van der Waals surface area contributed by atoms with Gasteiger partial charge in [0.1, 0.15) is 5.82 Å². The average molecular weight is 390 g/mol. The summed E-state index contributed by atoms with van der Waals surface area (Å²) in [6, 6.07) is 3.85. The van der Waals surface area contributed by atoms with Crippen molar-refractivity contribution in [3.63, 3.8) is 0 Å². The number of nitrogens with one attached hydrogen (secondary N) is 1. The van der Waals surface area contributed by atoms with Gasteiger partial charge in [0, 0.05) is 12.1 Å². The largest absolute Gasteiger partial charge is 0.331 e. The van der Waals surface area contributed by atoms with Gasteiger partial charge in [0.15, 0.2) is 4.77 Å². The molecule has 0 saturated heterocycles. The van der Waals surface area contributed by atoms with E-state index in [1.165, 1.54) is 19.3 Å². The van der Waals surface area contributed by atoms with E-state index < -0.39 is 0 Å². The Labute approximate surface area is 130 Å². The summed E-state index contributed by atoms with van der Waals surface area (Å²) in [4.78, 5) is 3.22. The number of hydrogen-bond donors (Lipinski definition) is 1. The van der Waals surface area contributed by atoms with E-state index in [0.29, 0.717) is 15.5 Å². The molecule has 2 unspecified atom stereocenters. The van der Waals surface area contributed by atoms with Gasteiger partial charge in [-0.25, -0.2) is 4.39 Å². The molecule has 102 valence electrons. The monoisotopic (exact) mass is 390 g/mol. The van der Waals surface area contributed by atoms with E-state index in [0.717, 1.165) is 22.2 Å². The lowest BCUT2D eigenvalue weighted by molar-refractivity contribution is 0.260. The minimum absolute atomic E-state index is 0.167. The predicted molar refractivity (Wildman–Crippen MR) is 86.5 cm³/mol. The first-order chi connectivity index (χ1) is 9.08. The summed E-state index contributed by atoms with van der Waals surface area (Å²) in [7, 11) is 0. The third-order valence-corrected chi connectivity index (χ3v) is 5.28. The molecule has 1 saturated carbocycles. The molecule has 1 aromatic carbocycles. The van der Waals surface area contributed by atoms with Crippen LogP contribution < -0.4 is 0 Å². The van der Waals surface area contributed by atoms with Gasteiger partial charge in [0.25, 0.3) is 0 Å².